The maximum absolute atomic E-state index is 14.0. The lowest BCUT2D eigenvalue weighted by Crippen LogP contribution is -2.23. The average Bonchev–Trinajstić information content (AvgIpc) is 2.98. The zero-order valence-electron chi connectivity index (χ0n) is 14.2. The summed E-state index contributed by atoms with van der Waals surface area (Å²) >= 11 is 0. The number of hydrogen-bond acceptors (Lipinski definition) is 5. The van der Waals surface area contributed by atoms with Gasteiger partial charge in [-0.05, 0) is 26.8 Å². The molecule has 1 aromatic carbocycles. The largest absolute Gasteiger partial charge is 0.394 e. The van der Waals surface area contributed by atoms with Gasteiger partial charge in [0.05, 0.1) is 29.8 Å². The second-order valence-electron chi connectivity index (χ2n) is 6.73. The summed E-state index contributed by atoms with van der Waals surface area (Å²) in [6.07, 6.45) is 3.00. The highest BCUT2D eigenvalue weighted by molar-refractivity contribution is 5.86. The van der Waals surface area contributed by atoms with Crippen LogP contribution in [0.5, 0.6) is 0 Å². The Hall–Kier alpha value is -2.61. The number of benzene rings is 1. The smallest absolute Gasteiger partial charge is 0.163 e. The van der Waals surface area contributed by atoms with E-state index in [4.69, 9.17) is 0 Å². The van der Waals surface area contributed by atoms with E-state index in [9.17, 15) is 13.9 Å². The van der Waals surface area contributed by atoms with E-state index in [-0.39, 0.29) is 17.7 Å². The summed E-state index contributed by atoms with van der Waals surface area (Å²) in [4.78, 5) is 8.45. The van der Waals surface area contributed by atoms with Gasteiger partial charge in [0.25, 0.3) is 0 Å². The van der Waals surface area contributed by atoms with E-state index >= 15 is 0 Å². The van der Waals surface area contributed by atoms with Crippen molar-refractivity contribution in [3.63, 3.8) is 0 Å². The summed E-state index contributed by atoms with van der Waals surface area (Å²) in [6, 6.07) is 2.45. The third-order valence-electron chi connectivity index (χ3n) is 3.83. The number of rotatable bonds is 4. The van der Waals surface area contributed by atoms with Gasteiger partial charge in [0, 0.05) is 11.6 Å². The second kappa shape index (κ2) is 6.36. The van der Waals surface area contributed by atoms with Crippen molar-refractivity contribution < 1.29 is 13.9 Å². The maximum atomic E-state index is 14.0. The Bertz CT molecular complexity index is 904. The van der Waals surface area contributed by atoms with E-state index in [2.05, 4.69) is 20.4 Å². The minimum absolute atomic E-state index is 0.152. The van der Waals surface area contributed by atoms with E-state index in [0.29, 0.717) is 16.9 Å². The lowest BCUT2D eigenvalue weighted by atomic mass is 10.1. The SMILES string of the molecule is CC(C)(C)n1ncc2c(NC(CO)c3ccc(F)cc3F)ncnc21. The summed E-state index contributed by atoms with van der Waals surface area (Å²) in [5, 5.41) is 17.7. The molecule has 25 heavy (non-hydrogen) atoms. The fourth-order valence-electron chi connectivity index (χ4n) is 2.62. The van der Waals surface area contributed by atoms with Crippen LogP contribution in [0.25, 0.3) is 11.0 Å². The molecule has 0 aliphatic rings. The molecule has 0 spiro atoms. The van der Waals surface area contributed by atoms with Crippen molar-refractivity contribution in [1.82, 2.24) is 19.7 Å². The molecule has 8 heteroatoms. The molecule has 0 saturated carbocycles. The van der Waals surface area contributed by atoms with Gasteiger partial charge in [-0.15, -0.1) is 0 Å². The normalized spacial score (nSPS) is 13.2. The van der Waals surface area contributed by atoms with E-state index in [1.165, 1.54) is 12.4 Å². The van der Waals surface area contributed by atoms with Gasteiger partial charge < -0.3 is 10.4 Å². The predicted octanol–water partition coefficient (Wildman–Crippen LogP) is 3.01. The van der Waals surface area contributed by atoms with Crippen molar-refractivity contribution in [3.8, 4) is 0 Å². The number of fused-ring (bicyclic) bond motifs is 1. The van der Waals surface area contributed by atoms with E-state index in [1.54, 1.807) is 10.9 Å². The third kappa shape index (κ3) is 3.30. The summed E-state index contributed by atoms with van der Waals surface area (Å²) < 4.78 is 28.9. The molecule has 132 valence electrons. The molecule has 0 fully saturated rings. The molecule has 0 saturated heterocycles. The van der Waals surface area contributed by atoms with Gasteiger partial charge in [0.2, 0.25) is 0 Å². The molecule has 0 radical (unpaired) electrons. The Kier molecular flexibility index (Phi) is 4.38. The van der Waals surface area contributed by atoms with Crippen LogP contribution in [0.3, 0.4) is 0 Å². The van der Waals surface area contributed by atoms with Crippen molar-refractivity contribution in [1.29, 1.82) is 0 Å². The number of nitrogens with one attached hydrogen (secondary N) is 1. The Balaban J connectivity index is 2.00. The summed E-state index contributed by atoms with van der Waals surface area (Å²) in [5.41, 5.74) is 0.507. The van der Waals surface area contributed by atoms with E-state index in [1.807, 2.05) is 20.8 Å². The van der Waals surface area contributed by atoms with Crippen molar-refractivity contribution in [3.05, 3.63) is 47.9 Å². The molecular formula is C17H19F2N5O. The Labute approximate surface area is 143 Å². The zero-order valence-corrected chi connectivity index (χ0v) is 14.2. The molecule has 2 N–H and O–H groups in total. The minimum atomic E-state index is -0.781. The quantitative estimate of drug-likeness (QED) is 0.759. The van der Waals surface area contributed by atoms with Crippen LogP contribution in [0.1, 0.15) is 32.4 Å². The van der Waals surface area contributed by atoms with Gasteiger partial charge in [-0.2, -0.15) is 5.10 Å². The van der Waals surface area contributed by atoms with Gasteiger partial charge in [-0.1, -0.05) is 6.07 Å². The van der Waals surface area contributed by atoms with Crippen molar-refractivity contribution in [2.75, 3.05) is 11.9 Å². The average molecular weight is 347 g/mol. The van der Waals surface area contributed by atoms with Gasteiger partial charge in [0.15, 0.2) is 5.65 Å². The predicted molar refractivity (Wildman–Crippen MR) is 90.1 cm³/mol. The van der Waals surface area contributed by atoms with Crippen LogP contribution in [-0.2, 0) is 5.54 Å². The zero-order chi connectivity index (χ0) is 18.2. The first kappa shape index (κ1) is 17.2. The molecule has 0 aliphatic heterocycles. The second-order valence-corrected chi connectivity index (χ2v) is 6.73. The third-order valence-corrected chi connectivity index (χ3v) is 3.83. The van der Waals surface area contributed by atoms with Crippen molar-refractivity contribution in [2.24, 2.45) is 0 Å². The molecular weight excluding hydrogens is 328 g/mol. The molecule has 2 heterocycles. The summed E-state index contributed by atoms with van der Waals surface area (Å²) in [5.74, 6) is -0.987. The van der Waals surface area contributed by atoms with Crippen molar-refractivity contribution in [2.45, 2.75) is 32.4 Å². The summed E-state index contributed by atoms with van der Waals surface area (Å²) in [7, 11) is 0. The standard InChI is InChI=1S/C17H19F2N5O/c1-17(2,3)24-16-12(7-22-24)15(20-9-21-16)23-14(8-25)11-5-4-10(18)6-13(11)19/h4-7,9,14,25H,8H2,1-3H3,(H,20,21,23). The number of aromatic nitrogens is 4. The number of aliphatic hydroxyl groups is 1. The van der Waals surface area contributed by atoms with Gasteiger partial charge in [0.1, 0.15) is 23.8 Å². The molecule has 3 rings (SSSR count). The van der Waals surface area contributed by atoms with Gasteiger partial charge >= 0.3 is 0 Å². The monoisotopic (exact) mass is 347 g/mol. The first-order valence-corrected chi connectivity index (χ1v) is 7.83. The fourth-order valence-corrected chi connectivity index (χ4v) is 2.62. The van der Waals surface area contributed by atoms with Crippen LogP contribution in [0.4, 0.5) is 14.6 Å². The number of aliphatic hydroxyl groups excluding tert-OH is 1. The highest BCUT2D eigenvalue weighted by atomic mass is 19.1. The highest BCUT2D eigenvalue weighted by Gasteiger charge is 2.22. The Morgan fingerprint density at radius 2 is 2.00 bits per heavy atom. The van der Waals surface area contributed by atoms with Crippen LogP contribution in [0.15, 0.2) is 30.7 Å². The molecule has 0 aliphatic carbocycles. The number of halogens is 2. The molecule has 2 aromatic heterocycles. The molecule has 1 unspecified atom stereocenters. The van der Waals surface area contributed by atoms with Crippen molar-refractivity contribution >= 4 is 16.9 Å². The molecule has 6 nitrogen and oxygen atoms in total. The molecule has 0 bridgehead atoms. The van der Waals surface area contributed by atoms with Crippen LogP contribution in [-0.4, -0.2) is 31.5 Å². The minimum Gasteiger partial charge on any atom is -0.394 e. The first-order chi connectivity index (χ1) is 11.8. The number of anilines is 1. The van der Waals surface area contributed by atoms with Crippen LogP contribution in [0.2, 0.25) is 0 Å². The van der Waals surface area contributed by atoms with Crippen LogP contribution >= 0.6 is 0 Å². The Morgan fingerprint density at radius 1 is 1.24 bits per heavy atom. The first-order valence-electron chi connectivity index (χ1n) is 7.83. The Morgan fingerprint density at radius 3 is 2.64 bits per heavy atom. The summed E-state index contributed by atoms with van der Waals surface area (Å²) in [6.45, 7) is 5.61. The highest BCUT2D eigenvalue weighted by Crippen LogP contribution is 2.27. The maximum Gasteiger partial charge on any atom is 0.163 e. The lowest BCUT2D eigenvalue weighted by Gasteiger charge is -2.20. The van der Waals surface area contributed by atoms with E-state index in [0.717, 1.165) is 12.1 Å². The lowest BCUT2D eigenvalue weighted by molar-refractivity contribution is 0.273. The molecule has 3 aromatic rings. The number of hydrogen-bond donors (Lipinski definition) is 2. The molecule has 0 amide bonds. The number of nitrogens with zero attached hydrogens (tertiary/aromatic N) is 4. The van der Waals surface area contributed by atoms with Gasteiger partial charge in [-0.25, -0.2) is 23.4 Å². The topological polar surface area (TPSA) is 75.9 Å². The van der Waals surface area contributed by atoms with Gasteiger partial charge in [-0.3, -0.25) is 0 Å². The van der Waals surface area contributed by atoms with Crippen LogP contribution in [0, 0.1) is 11.6 Å². The van der Waals surface area contributed by atoms with Crippen LogP contribution < -0.4 is 5.32 Å². The fraction of sp³-hybridized carbons (Fsp3) is 0.353. The molecule has 1 atom stereocenters. The van der Waals surface area contributed by atoms with E-state index < -0.39 is 17.7 Å².